The summed E-state index contributed by atoms with van der Waals surface area (Å²) in [6.45, 7) is 2.97. The first-order valence-corrected chi connectivity index (χ1v) is 12.5. The predicted octanol–water partition coefficient (Wildman–Crippen LogP) is 6.43. The summed E-state index contributed by atoms with van der Waals surface area (Å²) in [7, 11) is 0. The van der Waals surface area contributed by atoms with Crippen LogP contribution in [0.3, 0.4) is 0 Å². The van der Waals surface area contributed by atoms with E-state index >= 15 is 0 Å². The Hall–Kier alpha value is -2.47. The molecule has 1 saturated heterocycles. The van der Waals surface area contributed by atoms with E-state index < -0.39 is 0 Å². The summed E-state index contributed by atoms with van der Waals surface area (Å²) >= 11 is 1.79. The van der Waals surface area contributed by atoms with Crippen LogP contribution in [0.4, 0.5) is 10.5 Å². The molecule has 2 amide bonds. The molecule has 0 bridgehead atoms. The summed E-state index contributed by atoms with van der Waals surface area (Å²) in [6.07, 6.45) is 4.10. The van der Waals surface area contributed by atoms with Crippen LogP contribution in [0.2, 0.25) is 0 Å². The predicted molar refractivity (Wildman–Crippen MR) is 139 cm³/mol. The number of rotatable bonds is 5. The third-order valence-corrected chi connectivity index (χ3v) is 7.34. The maximum atomic E-state index is 13.3. The lowest BCUT2D eigenvalue weighted by molar-refractivity contribution is 0.106. The van der Waals surface area contributed by atoms with Gasteiger partial charge in [-0.1, -0.05) is 60.7 Å². The van der Waals surface area contributed by atoms with Gasteiger partial charge < -0.3 is 10.2 Å². The number of urea groups is 1. The molecule has 0 saturated carbocycles. The standard InChI is InChI=1S/C27H29N3OS.ClH/c1-32-23-11-7-8-20(18-23)19-29-16-14-22(15-17-29)30-26(21-9-3-2-4-10-21)24-12-5-6-13-25(24)28-27(30)31;/h2-13,18,22,26H,14-17,19H2,1H3,(H,28,31);1H. The summed E-state index contributed by atoms with van der Waals surface area (Å²) in [6, 6.07) is 27.7. The molecule has 0 aliphatic carbocycles. The Morgan fingerprint density at radius 3 is 2.42 bits per heavy atom. The summed E-state index contributed by atoms with van der Waals surface area (Å²) in [5, 5.41) is 3.14. The first-order valence-electron chi connectivity index (χ1n) is 11.3. The maximum absolute atomic E-state index is 13.3. The number of fused-ring (bicyclic) bond motifs is 1. The van der Waals surface area contributed by atoms with Crippen LogP contribution in [0.5, 0.6) is 0 Å². The summed E-state index contributed by atoms with van der Waals surface area (Å²) in [4.78, 5) is 19.2. The minimum Gasteiger partial charge on any atom is -0.310 e. The fourth-order valence-corrected chi connectivity index (χ4v) is 5.52. The monoisotopic (exact) mass is 479 g/mol. The zero-order chi connectivity index (χ0) is 21.9. The molecular weight excluding hydrogens is 450 g/mol. The number of likely N-dealkylation sites (tertiary alicyclic amines) is 1. The molecule has 3 aromatic rings. The van der Waals surface area contributed by atoms with Crippen LogP contribution in [0.15, 0.2) is 83.8 Å². The van der Waals surface area contributed by atoms with Crippen molar-refractivity contribution >= 4 is 35.9 Å². The number of hydrogen-bond donors (Lipinski definition) is 1. The van der Waals surface area contributed by atoms with Crippen LogP contribution in [0.25, 0.3) is 0 Å². The van der Waals surface area contributed by atoms with Crippen LogP contribution >= 0.6 is 24.2 Å². The number of para-hydroxylation sites is 1. The van der Waals surface area contributed by atoms with Crippen molar-refractivity contribution in [3.8, 4) is 0 Å². The second-order valence-corrected chi connectivity index (χ2v) is 9.48. The van der Waals surface area contributed by atoms with Crippen molar-refractivity contribution in [1.29, 1.82) is 0 Å². The Kier molecular flexibility index (Phi) is 7.63. The topological polar surface area (TPSA) is 35.6 Å². The highest BCUT2D eigenvalue weighted by Gasteiger charge is 2.38. The summed E-state index contributed by atoms with van der Waals surface area (Å²) in [5.74, 6) is 0. The molecule has 4 nitrogen and oxygen atoms in total. The third kappa shape index (κ3) is 5.06. The quantitative estimate of drug-likeness (QED) is 0.428. The van der Waals surface area contributed by atoms with Gasteiger partial charge in [0.15, 0.2) is 0 Å². The largest absolute Gasteiger partial charge is 0.322 e. The fourth-order valence-electron chi connectivity index (χ4n) is 5.03. The van der Waals surface area contributed by atoms with Gasteiger partial charge in [0.1, 0.15) is 0 Å². The fraction of sp³-hybridized carbons (Fsp3) is 0.296. The summed E-state index contributed by atoms with van der Waals surface area (Å²) in [5.41, 5.74) is 4.64. The van der Waals surface area contributed by atoms with Gasteiger partial charge >= 0.3 is 6.03 Å². The van der Waals surface area contributed by atoms with Gasteiger partial charge in [-0.2, -0.15) is 0 Å². The Bertz CT molecular complexity index is 1090. The number of carbonyl (C=O) groups is 1. The zero-order valence-corrected chi connectivity index (χ0v) is 20.4. The average molecular weight is 480 g/mol. The molecule has 5 rings (SSSR count). The van der Waals surface area contributed by atoms with Crippen LogP contribution in [-0.4, -0.2) is 41.2 Å². The number of piperidine rings is 1. The Balaban J connectivity index is 0.00000259. The Labute approximate surface area is 206 Å². The van der Waals surface area contributed by atoms with Crippen molar-refractivity contribution in [3.05, 3.63) is 95.6 Å². The number of amides is 2. The van der Waals surface area contributed by atoms with E-state index in [-0.39, 0.29) is 30.5 Å². The lowest BCUT2D eigenvalue weighted by Crippen LogP contribution is -2.52. The van der Waals surface area contributed by atoms with Crippen molar-refractivity contribution in [2.75, 3.05) is 24.7 Å². The van der Waals surface area contributed by atoms with E-state index in [0.29, 0.717) is 0 Å². The molecule has 0 radical (unpaired) electrons. The lowest BCUT2D eigenvalue weighted by Gasteiger charge is -2.45. The van der Waals surface area contributed by atoms with Crippen LogP contribution in [0, 0.1) is 0 Å². The number of thioether (sulfide) groups is 1. The van der Waals surface area contributed by atoms with Gasteiger partial charge in [-0.3, -0.25) is 4.90 Å². The van der Waals surface area contributed by atoms with E-state index in [2.05, 4.69) is 82.0 Å². The van der Waals surface area contributed by atoms with E-state index in [1.165, 1.54) is 21.6 Å². The summed E-state index contributed by atoms with van der Waals surface area (Å²) < 4.78 is 0. The molecule has 1 N–H and O–H groups in total. The minimum absolute atomic E-state index is 0. The van der Waals surface area contributed by atoms with Crippen LogP contribution in [-0.2, 0) is 6.54 Å². The molecule has 1 atom stereocenters. The van der Waals surface area contributed by atoms with E-state index in [1.54, 1.807) is 11.8 Å². The lowest BCUT2D eigenvalue weighted by atomic mass is 9.90. The van der Waals surface area contributed by atoms with Gasteiger partial charge in [0, 0.05) is 41.8 Å². The number of anilines is 1. The highest BCUT2D eigenvalue weighted by molar-refractivity contribution is 7.98. The van der Waals surface area contributed by atoms with E-state index in [4.69, 9.17) is 0 Å². The van der Waals surface area contributed by atoms with E-state index in [9.17, 15) is 4.79 Å². The molecule has 0 spiro atoms. The number of nitrogens with zero attached hydrogens (tertiary/aromatic N) is 2. The Morgan fingerprint density at radius 1 is 0.939 bits per heavy atom. The highest BCUT2D eigenvalue weighted by Crippen LogP contribution is 2.40. The van der Waals surface area contributed by atoms with Gasteiger partial charge in [-0.15, -0.1) is 24.2 Å². The molecule has 3 aromatic carbocycles. The smallest absolute Gasteiger partial charge is 0.310 e. The number of hydrogen-bond acceptors (Lipinski definition) is 3. The van der Waals surface area contributed by atoms with Crippen molar-refractivity contribution in [2.24, 2.45) is 0 Å². The van der Waals surface area contributed by atoms with E-state index in [1.807, 2.05) is 18.2 Å². The average Bonchev–Trinajstić information content (AvgIpc) is 2.84. The van der Waals surface area contributed by atoms with Gasteiger partial charge in [0.2, 0.25) is 0 Å². The number of carbonyl (C=O) groups excluding carboxylic acids is 1. The van der Waals surface area contributed by atoms with Gasteiger partial charge in [-0.25, -0.2) is 4.79 Å². The number of nitrogens with one attached hydrogen (secondary N) is 1. The molecular formula is C27H30ClN3OS. The maximum Gasteiger partial charge on any atom is 0.322 e. The van der Waals surface area contributed by atoms with Gasteiger partial charge in [0.05, 0.1) is 6.04 Å². The van der Waals surface area contributed by atoms with Gasteiger partial charge in [-0.05, 0) is 48.4 Å². The molecule has 172 valence electrons. The molecule has 0 aromatic heterocycles. The van der Waals surface area contributed by atoms with Crippen molar-refractivity contribution in [3.63, 3.8) is 0 Å². The molecule has 1 unspecified atom stereocenters. The normalized spacial score (nSPS) is 18.9. The van der Waals surface area contributed by atoms with Crippen molar-refractivity contribution < 1.29 is 4.79 Å². The zero-order valence-electron chi connectivity index (χ0n) is 18.8. The third-order valence-electron chi connectivity index (χ3n) is 6.62. The SMILES string of the molecule is CSc1cccc(CN2CCC(N3C(=O)Nc4ccccc4C3c3ccccc3)CC2)c1.Cl. The second kappa shape index (κ2) is 10.6. The molecule has 2 aliphatic heterocycles. The van der Waals surface area contributed by atoms with E-state index in [0.717, 1.165) is 38.2 Å². The highest BCUT2D eigenvalue weighted by atomic mass is 35.5. The molecule has 33 heavy (non-hydrogen) atoms. The Morgan fingerprint density at radius 2 is 1.67 bits per heavy atom. The van der Waals surface area contributed by atoms with Crippen LogP contribution < -0.4 is 5.32 Å². The molecule has 6 heteroatoms. The molecule has 2 heterocycles. The first kappa shape index (κ1) is 23.7. The van der Waals surface area contributed by atoms with Gasteiger partial charge in [0.25, 0.3) is 0 Å². The minimum atomic E-state index is -0.0454. The number of halogens is 1. The molecule has 2 aliphatic rings. The first-order chi connectivity index (χ1) is 15.7. The molecule has 1 fully saturated rings. The number of benzene rings is 3. The second-order valence-electron chi connectivity index (χ2n) is 8.60. The van der Waals surface area contributed by atoms with Crippen LogP contribution in [0.1, 0.15) is 35.6 Å². The van der Waals surface area contributed by atoms with Crippen molar-refractivity contribution in [2.45, 2.75) is 36.4 Å². The van der Waals surface area contributed by atoms with Crippen molar-refractivity contribution in [1.82, 2.24) is 9.80 Å².